The zero-order valence-electron chi connectivity index (χ0n) is 24.2. The van der Waals surface area contributed by atoms with Gasteiger partial charge in [-0.15, -0.1) is 0 Å². The summed E-state index contributed by atoms with van der Waals surface area (Å²) in [5, 5.41) is 5.69. The number of carbonyl (C=O) groups excluding carboxylic acids is 2. The first-order valence-electron chi connectivity index (χ1n) is 13.5. The van der Waals surface area contributed by atoms with E-state index in [1.165, 1.54) is 16.0 Å². The van der Waals surface area contributed by atoms with Crippen LogP contribution >= 0.6 is 0 Å². The Morgan fingerprint density at radius 1 is 1.18 bits per heavy atom. The van der Waals surface area contributed by atoms with Crippen LogP contribution in [0.25, 0.3) is 0 Å². The highest BCUT2D eigenvalue weighted by Gasteiger charge is 2.43. The third kappa shape index (κ3) is 6.91. The zero-order chi connectivity index (χ0) is 29.6. The van der Waals surface area contributed by atoms with Gasteiger partial charge < -0.3 is 24.0 Å². The fourth-order valence-electron chi connectivity index (χ4n) is 4.83. The van der Waals surface area contributed by atoms with Crippen molar-refractivity contribution in [2.24, 2.45) is 11.0 Å². The standard InChI is InChI=1S/C27H39F3N4O5Si/c1-17-24(35)33(16-37-8-9-40(5,6)7)31-23-15-38-22-12-20(27(28,29)30)19(11-21(22)34(17)23)10-18-13-32(14-18)25(36)39-26(2,3)4/h11-12,17-18H,8-10,13-16H2,1-7H3. The molecule has 0 aromatic heterocycles. The van der Waals surface area contributed by atoms with E-state index in [0.29, 0.717) is 31.2 Å². The van der Waals surface area contributed by atoms with E-state index in [1.807, 2.05) is 0 Å². The first-order valence-corrected chi connectivity index (χ1v) is 17.2. The van der Waals surface area contributed by atoms with Crippen LogP contribution in [-0.4, -0.2) is 80.5 Å². The molecule has 1 unspecified atom stereocenters. The summed E-state index contributed by atoms with van der Waals surface area (Å²) in [5.74, 6) is 0.0175. The summed E-state index contributed by atoms with van der Waals surface area (Å²) in [6.45, 7) is 14.8. The Morgan fingerprint density at radius 3 is 2.45 bits per heavy atom. The summed E-state index contributed by atoms with van der Waals surface area (Å²) in [5.41, 5.74) is -0.976. The molecule has 1 aromatic carbocycles. The van der Waals surface area contributed by atoms with Gasteiger partial charge in [0, 0.05) is 27.8 Å². The summed E-state index contributed by atoms with van der Waals surface area (Å²) in [4.78, 5) is 28.6. The number of hydrogen-bond acceptors (Lipinski definition) is 7. The number of fused-ring (bicyclic) bond motifs is 3. The molecule has 3 heterocycles. The van der Waals surface area contributed by atoms with Crippen molar-refractivity contribution in [2.75, 3.05) is 37.9 Å². The lowest BCUT2D eigenvalue weighted by Gasteiger charge is -2.42. The number of halogens is 3. The van der Waals surface area contributed by atoms with Crippen molar-refractivity contribution in [1.29, 1.82) is 0 Å². The number of anilines is 1. The Kier molecular flexibility index (Phi) is 8.20. The maximum Gasteiger partial charge on any atom is 0.416 e. The molecule has 3 aliphatic heterocycles. The number of alkyl halides is 3. The van der Waals surface area contributed by atoms with Crippen LogP contribution in [0.1, 0.15) is 38.8 Å². The van der Waals surface area contributed by atoms with Gasteiger partial charge in [-0.25, -0.2) is 9.80 Å². The van der Waals surface area contributed by atoms with Crippen molar-refractivity contribution in [3.05, 3.63) is 23.3 Å². The number of likely N-dealkylation sites (tertiary alicyclic amines) is 1. The number of amides is 2. The van der Waals surface area contributed by atoms with E-state index >= 15 is 0 Å². The monoisotopic (exact) mass is 584 g/mol. The number of nitrogens with zero attached hydrogens (tertiary/aromatic N) is 4. The molecule has 9 nitrogen and oxygen atoms in total. The van der Waals surface area contributed by atoms with Crippen LogP contribution in [-0.2, 0) is 26.9 Å². The van der Waals surface area contributed by atoms with Crippen molar-refractivity contribution in [3.8, 4) is 5.75 Å². The molecule has 222 valence electrons. The number of carbonyl (C=O) groups is 2. The number of hydrogen-bond donors (Lipinski definition) is 0. The minimum Gasteiger partial charge on any atom is -0.483 e. The normalized spacial score (nSPS) is 19.9. The fourth-order valence-corrected chi connectivity index (χ4v) is 5.59. The molecule has 13 heteroatoms. The van der Waals surface area contributed by atoms with Crippen molar-refractivity contribution >= 4 is 31.6 Å². The van der Waals surface area contributed by atoms with E-state index in [9.17, 15) is 22.8 Å². The maximum atomic E-state index is 14.1. The summed E-state index contributed by atoms with van der Waals surface area (Å²) < 4.78 is 59.0. The first kappa shape index (κ1) is 30.2. The topological polar surface area (TPSA) is 83.9 Å². The average molecular weight is 585 g/mol. The number of ether oxygens (including phenoxy) is 3. The minimum absolute atomic E-state index is 0.00589. The lowest BCUT2D eigenvalue weighted by Crippen LogP contribution is -2.57. The molecule has 4 rings (SSSR count). The van der Waals surface area contributed by atoms with E-state index < -0.39 is 37.5 Å². The van der Waals surface area contributed by atoms with E-state index in [2.05, 4.69) is 24.7 Å². The zero-order valence-corrected chi connectivity index (χ0v) is 25.2. The molecule has 0 saturated carbocycles. The van der Waals surface area contributed by atoms with Crippen LogP contribution in [0.2, 0.25) is 25.7 Å². The third-order valence-corrected chi connectivity index (χ3v) is 8.65. The van der Waals surface area contributed by atoms with E-state index in [1.54, 1.807) is 32.6 Å². The van der Waals surface area contributed by atoms with Gasteiger partial charge in [-0.2, -0.15) is 18.3 Å². The Labute approximate surface area is 234 Å². The molecule has 0 bridgehead atoms. The molecule has 1 fully saturated rings. The lowest BCUT2D eigenvalue weighted by atomic mass is 9.89. The smallest absolute Gasteiger partial charge is 0.416 e. The van der Waals surface area contributed by atoms with Gasteiger partial charge in [-0.1, -0.05) is 19.6 Å². The van der Waals surface area contributed by atoms with Crippen LogP contribution < -0.4 is 9.64 Å². The Bertz CT molecular complexity index is 1170. The maximum absolute atomic E-state index is 14.1. The van der Waals surface area contributed by atoms with Gasteiger partial charge in [-0.3, -0.25) is 4.79 Å². The van der Waals surface area contributed by atoms with Crippen LogP contribution in [0.3, 0.4) is 0 Å². The Balaban J connectivity index is 1.53. The van der Waals surface area contributed by atoms with Crippen LogP contribution in [0, 0.1) is 5.92 Å². The molecular weight excluding hydrogens is 545 g/mol. The predicted molar refractivity (Wildman–Crippen MR) is 147 cm³/mol. The Morgan fingerprint density at radius 2 is 1.85 bits per heavy atom. The van der Waals surface area contributed by atoms with Crippen LogP contribution in [0.4, 0.5) is 23.7 Å². The van der Waals surface area contributed by atoms with Gasteiger partial charge in [-0.05, 0) is 63.8 Å². The molecule has 0 spiro atoms. The summed E-state index contributed by atoms with van der Waals surface area (Å²) >= 11 is 0. The molecule has 40 heavy (non-hydrogen) atoms. The van der Waals surface area contributed by atoms with Gasteiger partial charge in [0.2, 0.25) is 0 Å². The third-order valence-electron chi connectivity index (χ3n) is 6.95. The summed E-state index contributed by atoms with van der Waals surface area (Å²) in [6, 6.07) is 2.71. The molecule has 0 N–H and O–H groups in total. The quantitative estimate of drug-likeness (QED) is 0.325. The second-order valence-corrected chi connectivity index (χ2v) is 18.5. The average Bonchev–Trinajstić information content (AvgIpc) is 2.78. The van der Waals surface area contributed by atoms with E-state index in [4.69, 9.17) is 14.2 Å². The molecule has 1 atom stereocenters. The Hall–Kier alpha value is -2.80. The molecule has 2 amide bonds. The first-order chi connectivity index (χ1) is 18.4. The molecule has 1 saturated heterocycles. The van der Waals surface area contributed by atoms with Crippen molar-refractivity contribution in [3.63, 3.8) is 0 Å². The molecular formula is C27H39F3N4O5Si. The van der Waals surface area contributed by atoms with Crippen molar-refractivity contribution in [1.82, 2.24) is 9.91 Å². The predicted octanol–water partition coefficient (Wildman–Crippen LogP) is 5.17. The van der Waals surface area contributed by atoms with Gasteiger partial charge in [0.1, 0.15) is 30.7 Å². The number of hydrazone groups is 1. The highest BCUT2D eigenvalue weighted by Crippen LogP contribution is 2.43. The highest BCUT2D eigenvalue weighted by atomic mass is 28.3. The number of rotatable bonds is 7. The summed E-state index contributed by atoms with van der Waals surface area (Å²) in [6.07, 6.45) is -4.96. The molecule has 0 aliphatic carbocycles. The number of amidine groups is 1. The van der Waals surface area contributed by atoms with E-state index in [0.717, 1.165) is 12.1 Å². The second kappa shape index (κ2) is 10.9. The second-order valence-electron chi connectivity index (χ2n) is 12.9. The lowest BCUT2D eigenvalue weighted by molar-refractivity contribution is -0.139. The largest absolute Gasteiger partial charge is 0.483 e. The van der Waals surface area contributed by atoms with E-state index in [-0.39, 0.29) is 42.9 Å². The van der Waals surface area contributed by atoms with Gasteiger partial charge >= 0.3 is 12.3 Å². The van der Waals surface area contributed by atoms with Gasteiger partial charge in [0.25, 0.3) is 5.91 Å². The van der Waals surface area contributed by atoms with Crippen LogP contribution in [0.5, 0.6) is 5.75 Å². The van der Waals surface area contributed by atoms with Gasteiger partial charge in [0.05, 0.1) is 11.3 Å². The molecule has 0 radical (unpaired) electrons. The van der Waals surface area contributed by atoms with Crippen LogP contribution in [0.15, 0.2) is 17.2 Å². The summed E-state index contributed by atoms with van der Waals surface area (Å²) in [7, 11) is -1.29. The highest BCUT2D eigenvalue weighted by molar-refractivity contribution is 6.76. The molecule has 3 aliphatic rings. The van der Waals surface area contributed by atoms with Gasteiger partial charge in [0.15, 0.2) is 5.84 Å². The number of benzene rings is 1. The van der Waals surface area contributed by atoms with Crippen molar-refractivity contribution in [2.45, 2.75) is 77.6 Å². The van der Waals surface area contributed by atoms with Crippen molar-refractivity contribution < 1.29 is 37.0 Å². The molecule has 1 aromatic rings. The minimum atomic E-state index is -4.59. The SMILES string of the molecule is CC1C(=O)N(COCC[Si](C)(C)C)N=C2COc3cc(C(F)(F)F)c(CC4CN(C(=O)OC(C)(C)C)C4)cc3N21. The fraction of sp³-hybridized carbons (Fsp3) is 0.667.